The highest BCUT2D eigenvalue weighted by atomic mass is 32.2. The first kappa shape index (κ1) is 22.9. The zero-order valence-electron chi connectivity index (χ0n) is 17.4. The molecular formula is C22H18N4O4S3. The predicted octanol–water partition coefficient (Wildman–Crippen LogP) is 5.32. The van der Waals surface area contributed by atoms with Crippen molar-refractivity contribution in [1.29, 1.82) is 0 Å². The quantitative estimate of drug-likeness (QED) is 0.116. The smallest absolute Gasteiger partial charge is 0.274 e. The molecule has 3 heterocycles. The Morgan fingerprint density at radius 1 is 1.33 bits per heavy atom. The van der Waals surface area contributed by atoms with Crippen LogP contribution in [-0.4, -0.2) is 26.1 Å². The van der Waals surface area contributed by atoms with Gasteiger partial charge in [0.25, 0.3) is 11.2 Å². The molecule has 3 aromatic heterocycles. The van der Waals surface area contributed by atoms with Crippen molar-refractivity contribution >= 4 is 61.9 Å². The number of nitro groups is 1. The van der Waals surface area contributed by atoms with Gasteiger partial charge in [0.2, 0.25) is 5.91 Å². The molecule has 0 aliphatic carbocycles. The summed E-state index contributed by atoms with van der Waals surface area (Å²) in [6.45, 7) is 5.58. The fourth-order valence-electron chi connectivity index (χ4n) is 3.29. The molecule has 0 radical (unpaired) electrons. The molecule has 0 aliphatic heterocycles. The van der Waals surface area contributed by atoms with E-state index in [-0.39, 0.29) is 29.5 Å². The van der Waals surface area contributed by atoms with Crippen molar-refractivity contribution in [3.8, 4) is 10.4 Å². The van der Waals surface area contributed by atoms with Gasteiger partial charge in [0.1, 0.15) is 4.83 Å². The molecule has 0 spiro atoms. The van der Waals surface area contributed by atoms with Crippen molar-refractivity contribution in [2.24, 2.45) is 0 Å². The van der Waals surface area contributed by atoms with Crippen LogP contribution in [0.5, 0.6) is 0 Å². The Morgan fingerprint density at radius 2 is 2.15 bits per heavy atom. The number of amides is 1. The van der Waals surface area contributed by atoms with Crippen LogP contribution >= 0.6 is 34.4 Å². The molecule has 4 aromatic rings. The summed E-state index contributed by atoms with van der Waals surface area (Å²) in [7, 11) is 0. The molecule has 1 amide bonds. The highest BCUT2D eigenvalue weighted by Gasteiger charge is 2.19. The Kier molecular flexibility index (Phi) is 6.72. The van der Waals surface area contributed by atoms with E-state index in [2.05, 4.69) is 16.9 Å². The van der Waals surface area contributed by atoms with Gasteiger partial charge in [-0.3, -0.25) is 24.3 Å². The van der Waals surface area contributed by atoms with Crippen LogP contribution in [0.1, 0.15) is 5.56 Å². The monoisotopic (exact) mass is 498 g/mol. The van der Waals surface area contributed by atoms with E-state index >= 15 is 0 Å². The summed E-state index contributed by atoms with van der Waals surface area (Å²) in [6, 6.07) is 8.42. The molecule has 33 heavy (non-hydrogen) atoms. The van der Waals surface area contributed by atoms with Gasteiger partial charge in [-0.15, -0.1) is 29.3 Å². The Morgan fingerprint density at radius 3 is 2.85 bits per heavy atom. The molecule has 1 aromatic carbocycles. The average molecular weight is 499 g/mol. The molecule has 0 fully saturated rings. The SMILES string of the molecule is C=CCn1c(SCC(=O)Nc2cccc([N+](=O)[O-])c2C)nc2scc(-c3cccs3)c2c1=O. The number of rotatable bonds is 8. The molecule has 8 nitrogen and oxygen atoms in total. The van der Waals surface area contributed by atoms with Gasteiger partial charge in [-0.25, -0.2) is 4.98 Å². The van der Waals surface area contributed by atoms with E-state index in [9.17, 15) is 19.7 Å². The fraction of sp³-hybridized carbons (Fsp3) is 0.136. The van der Waals surface area contributed by atoms with Gasteiger partial charge in [-0.05, 0) is 24.4 Å². The molecule has 0 bridgehead atoms. The number of nitrogens with one attached hydrogen (secondary N) is 1. The van der Waals surface area contributed by atoms with E-state index < -0.39 is 4.92 Å². The van der Waals surface area contributed by atoms with E-state index in [1.54, 1.807) is 30.4 Å². The normalized spacial score (nSPS) is 10.9. The van der Waals surface area contributed by atoms with Gasteiger partial charge in [-0.1, -0.05) is 30.0 Å². The Balaban J connectivity index is 1.60. The maximum absolute atomic E-state index is 13.3. The van der Waals surface area contributed by atoms with E-state index in [0.29, 0.717) is 26.6 Å². The van der Waals surface area contributed by atoms with Gasteiger partial charge in [-0.2, -0.15) is 0 Å². The number of nitrogens with zero attached hydrogens (tertiary/aromatic N) is 3. The average Bonchev–Trinajstić information content (AvgIpc) is 3.45. The lowest BCUT2D eigenvalue weighted by Gasteiger charge is -2.11. The van der Waals surface area contributed by atoms with E-state index in [1.807, 2.05) is 22.9 Å². The third kappa shape index (κ3) is 4.61. The first-order valence-corrected chi connectivity index (χ1v) is 12.5. The number of hydrogen-bond donors (Lipinski definition) is 1. The largest absolute Gasteiger partial charge is 0.325 e. The van der Waals surface area contributed by atoms with Crippen LogP contribution in [0, 0.1) is 17.0 Å². The summed E-state index contributed by atoms with van der Waals surface area (Å²) in [4.78, 5) is 42.8. The van der Waals surface area contributed by atoms with Crippen LogP contribution in [0.2, 0.25) is 0 Å². The van der Waals surface area contributed by atoms with Crippen LogP contribution in [0.15, 0.2) is 63.7 Å². The number of anilines is 1. The summed E-state index contributed by atoms with van der Waals surface area (Å²) in [5.74, 6) is -0.367. The van der Waals surface area contributed by atoms with Gasteiger partial charge in [0.05, 0.1) is 27.3 Å². The number of hydrogen-bond acceptors (Lipinski definition) is 8. The standard InChI is InChI=1S/C22H18N4O4S3/c1-3-9-25-21(28)19-14(17-8-5-10-31-17)11-32-20(19)24-22(25)33-12-18(27)23-15-6-4-7-16(13(15)2)26(29)30/h3-8,10-11H,1,9,12H2,2H3,(H,23,27). The van der Waals surface area contributed by atoms with E-state index in [4.69, 9.17) is 0 Å². The Bertz CT molecular complexity index is 1420. The van der Waals surface area contributed by atoms with Gasteiger partial charge in [0.15, 0.2) is 5.16 Å². The van der Waals surface area contributed by atoms with E-state index in [1.165, 1.54) is 28.0 Å². The third-order valence-corrected chi connectivity index (χ3v) is 7.62. The minimum Gasteiger partial charge on any atom is -0.325 e. The number of carbonyl (C=O) groups is 1. The number of allylic oxidation sites excluding steroid dienone is 1. The number of nitro benzene ring substituents is 1. The zero-order chi connectivity index (χ0) is 23.5. The summed E-state index contributed by atoms with van der Waals surface area (Å²) in [6.07, 6.45) is 1.61. The van der Waals surface area contributed by atoms with Gasteiger partial charge >= 0.3 is 0 Å². The fourth-order valence-corrected chi connectivity index (χ4v) is 5.90. The van der Waals surface area contributed by atoms with Crippen LogP contribution < -0.4 is 10.9 Å². The van der Waals surface area contributed by atoms with Crippen molar-refractivity contribution < 1.29 is 9.72 Å². The molecule has 1 N–H and O–H groups in total. The summed E-state index contributed by atoms with van der Waals surface area (Å²) in [5.41, 5.74) is 1.37. The molecule has 168 valence electrons. The Hall–Kier alpha value is -3.28. The molecule has 0 saturated heterocycles. The van der Waals surface area contributed by atoms with Crippen LogP contribution in [-0.2, 0) is 11.3 Å². The second kappa shape index (κ2) is 9.69. The van der Waals surface area contributed by atoms with Gasteiger partial charge < -0.3 is 5.32 Å². The number of fused-ring (bicyclic) bond motifs is 1. The molecule has 0 aliphatic rings. The summed E-state index contributed by atoms with van der Waals surface area (Å²) < 4.78 is 1.51. The number of thiophene rings is 2. The molecule has 11 heteroatoms. The van der Waals surface area contributed by atoms with E-state index in [0.717, 1.165) is 22.2 Å². The third-order valence-electron chi connectivity index (χ3n) is 4.87. The summed E-state index contributed by atoms with van der Waals surface area (Å²) >= 11 is 4.08. The summed E-state index contributed by atoms with van der Waals surface area (Å²) in [5, 5.41) is 18.7. The highest BCUT2D eigenvalue weighted by Crippen LogP contribution is 2.34. The predicted molar refractivity (Wildman–Crippen MR) is 135 cm³/mol. The van der Waals surface area contributed by atoms with Crippen molar-refractivity contribution in [2.45, 2.75) is 18.6 Å². The molecular weight excluding hydrogens is 480 g/mol. The maximum Gasteiger partial charge on any atom is 0.274 e. The minimum absolute atomic E-state index is 0.0135. The topological polar surface area (TPSA) is 107 Å². The van der Waals surface area contributed by atoms with Crippen LogP contribution in [0.4, 0.5) is 11.4 Å². The van der Waals surface area contributed by atoms with Crippen LogP contribution in [0.25, 0.3) is 20.7 Å². The first-order chi connectivity index (χ1) is 15.9. The van der Waals surface area contributed by atoms with Crippen LogP contribution in [0.3, 0.4) is 0 Å². The number of carbonyl (C=O) groups excluding carboxylic acids is 1. The number of thioether (sulfide) groups is 1. The van der Waals surface area contributed by atoms with Crippen molar-refractivity contribution in [3.63, 3.8) is 0 Å². The number of aromatic nitrogens is 2. The molecule has 0 saturated carbocycles. The lowest BCUT2D eigenvalue weighted by atomic mass is 10.1. The lowest BCUT2D eigenvalue weighted by molar-refractivity contribution is -0.385. The maximum atomic E-state index is 13.3. The molecule has 4 rings (SSSR count). The molecule has 0 unspecified atom stereocenters. The first-order valence-electron chi connectivity index (χ1n) is 9.74. The van der Waals surface area contributed by atoms with Crippen molar-refractivity contribution in [3.05, 3.63) is 79.8 Å². The molecule has 0 atom stereocenters. The van der Waals surface area contributed by atoms with Crippen molar-refractivity contribution in [2.75, 3.05) is 11.1 Å². The minimum atomic E-state index is -0.488. The second-order valence-corrected chi connectivity index (χ2v) is 9.70. The number of benzene rings is 1. The second-order valence-electron chi connectivity index (χ2n) is 6.95. The zero-order valence-corrected chi connectivity index (χ0v) is 19.9. The Labute approximate surface area is 200 Å². The lowest BCUT2D eigenvalue weighted by Crippen LogP contribution is -2.23. The van der Waals surface area contributed by atoms with Crippen molar-refractivity contribution in [1.82, 2.24) is 9.55 Å². The van der Waals surface area contributed by atoms with Gasteiger partial charge in [0, 0.05) is 28.4 Å². The highest BCUT2D eigenvalue weighted by molar-refractivity contribution is 7.99.